The third kappa shape index (κ3) is 3.17. The first-order chi connectivity index (χ1) is 9.90. The molecule has 1 unspecified atom stereocenters. The van der Waals surface area contributed by atoms with Crippen LogP contribution in [0.5, 0.6) is 11.5 Å². The quantitative estimate of drug-likeness (QED) is 0.589. The van der Waals surface area contributed by atoms with E-state index in [1.807, 2.05) is 0 Å². The maximum absolute atomic E-state index is 10.8. The van der Waals surface area contributed by atoms with Gasteiger partial charge in [-0.2, -0.15) is 0 Å². The van der Waals surface area contributed by atoms with Crippen molar-refractivity contribution < 1.29 is 15.1 Å². The molecule has 1 atom stereocenters. The molecule has 0 heterocycles. The number of phenols is 2. The number of hydrogen-bond donors (Lipinski definition) is 3. The first-order valence-corrected chi connectivity index (χ1v) is 6.49. The van der Waals surface area contributed by atoms with Crippen molar-refractivity contribution in [1.82, 2.24) is 0 Å². The van der Waals surface area contributed by atoms with E-state index in [2.05, 4.69) is 5.32 Å². The summed E-state index contributed by atoms with van der Waals surface area (Å²) in [4.78, 5) is 10.3. The second-order valence-electron chi connectivity index (χ2n) is 4.50. The number of nitro groups is 1. The van der Waals surface area contributed by atoms with E-state index in [1.54, 1.807) is 6.92 Å². The van der Waals surface area contributed by atoms with E-state index in [4.69, 9.17) is 11.6 Å². The van der Waals surface area contributed by atoms with Crippen LogP contribution in [-0.2, 0) is 0 Å². The maximum atomic E-state index is 10.8. The number of halogens is 1. The van der Waals surface area contributed by atoms with Crippen LogP contribution in [0.1, 0.15) is 18.5 Å². The van der Waals surface area contributed by atoms with Gasteiger partial charge in [0.25, 0.3) is 5.69 Å². The SMILES string of the molecule is CC(Nc1cc([N+](=O)[O-])ccc1Cl)c1c(O)cccc1O. The summed E-state index contributed by atoms with van der Waals surface area (Å²) in [5.74, 6) is -0.145. The Morgan fingerprint density at radius 1 is 1.24 bits per heavy atom. The Hall–Kier alpha value is -2.47. The van der Waals surface area contributed by atoms with Gasteiger partial charge in [-0.25, -0.2) is 0 Å². The molecule has 110 valence electrons. The lowest BCUT2D eigenvalue weighted by Gasteiger charge is -2.18. The van der Waals surface area contributed by atoms with Crippen LogP contribution >= 0.6 is 11.6 Å². The largest absolute Gasteiger partial charge is 0.507 e. The molecule has 0 aliphatic rings. The van der Waals surface area contributed by atoms with Gasteiger partial charge in [-0.3, -0.25) is 10.1 Å². The van der Waals surface area contributed by atoms with Gasteiger partial charge in [0.1, 0.15) is 11.5 Å². The van der Waals surface area contributed by atoms with Crippen molar-refractivity contribution in [2.75, 3.05) is 5.32 Å². The molecule has 0 bridgehead atoms. The van der Waals surface area contributed by atoms with Crippen LogP contribution in [0.2, 0.25) is 5.02 Å². The van der Waals surface area contributed by atoms with Gasteiger partial charge in [-0.05, 0) is 25.1 Å². The lowest BCUT2D eigenvalue weighted by Crippen LogP contribution is -2.08. The van der Waals surface area contributed by atoms with Gasteiger partial charge >= 0.3 is 0 Å². The smallest absolute Gasteiger partial charge is 0.271 e. The van der Waals surface area contributed by atoms with Crippen LogP contribution in [-0.4, -0.2) is 15.1 Å². The lowest BCUT2D eigenvalue weighted by atomic mass is 10.1. The Morgan fingerprint density at radius 2 is 1.86 bits per heavy atom. The molecular weight excluding hydrogens is 296 g/mol. The molecule has 0 radical (unpaired) electrons. The Labute approximate surface area is 125 Å². The fourth-order valence-corrected chi connectivity index (χ4v) is 2.20. The Morgan fingerprint density at radius 3 is 2.43 bits per heavy atom. The fraction of sp³-hybridized carbons (Fsp3) is 0.143. The van der Waals surface area contributed by atoms with Crippen LogP contribution in [0.25, 0.3) is 0 Å². The molecule has 0 amide bonds. The van der Waals surface area contributed by atoms with Gasteiger partial charge in [0.2, 0.25) is 0 Å². The summed E-state index contributed by atoms with van der Waals surface area (Å²) in [5.41, 5.74) is 0.539. The van der Waals surface area contributed by atoms with E-state index in [0.29, 0.717) is 16.3 Å². The molecule has 2 aromatic carbocycles. The second-order valence-corrected chi connectivity index (χ2v) is 4.90. The van der Waals surface area contributed by atoms with Gasteiger partial charge in [0.05, 0.1) is 27.2 Å². The summed E-state index contributed by atoms with van der Waals surface area (Å²) >= 11 is 6.00. The fourth-order valence-electron chi connectivity index (χ4n) is 2.03. The van der Waals surface area contributed by atoms with Crippen LogP contribution in [0.15, 0.2) is 36.4 Å². The van der Waals surface area contributed by atoms with Crippen molar-refractivity contribution in [2.45, 2.75) is 13.0 Å². The number of aromatic hydroxyl groups is 2. The molecule has 0 saturated heterocycles. The third-order valence-electron chi connectivity index (χ3n) is 3.03. The molecule has 0 saturated carbocycles. The minimum absolute atomic E-state index is 0.0726. The molecule has 2 aromatic rings. The van der Waals surface area contributed by atoms with Crippen LogP contribution in [0, 0.1) is 10.1 Å². The van der Waals surface area contributed by atoms with Crippen molar-refractivity contribution in [1.29, 1.82) is 0 Å². The Bertz CT molecular complexity index is 670. The highest BCUT2D eigenvalue weighted by atomic mass is 35.5. The molecule has 3 N–H and O–H groups in total. The molecule has 0 aliphatic heterocycles. The number of rotatable bonds is 4. The van der Waals surface area contributed by atoms with E-state index in [9.17, 15) is 20.3 Å². The number of non-ortho nitro benzene ring substituents is 1. The van der Waals surface area contributed by atoms with Crippen LogP contribution in [0.4, 0.5) is 11.4 Å². The van der Waals surface area contributed by atoms with Crippen molar-refractivity contribution in [2.24, 2.45) is 0 Å². The zero-order valence-corrected chi connectivity index (χ0v) is 11.8. The molecule has 6 nitrogen and oxygen atoms in total. The van der Waals surface area contributed by atoms with Gasteiger partial charge in [-0.1, -0.05) is 17.7 Å². The standard InChI is InChI=1S/C14H13ClN2O4/c1-8(14-12(18)3-2-4-13(14)19)16-11-7-9(17(20)21)5-6-10(11)15/h2-8,16,18-19H,1H3. The summed E-state index contributed by atoms with van der Waals surface area (Å²) in [6, 6.07) is 7.93. The molecule has 21 heavy (non-hydrogen) atoms. The molecular formula is C14H13ClN2O4. The first-order valence-electron chi connectivity index (χ1n) is 6.11. The zero-order chi connectivity index (χ0) is 15.6. The highest BCUT2D eigenvalue weighted by molar-refractivity contribution is 6.33. The van der Waals surface area contributed by atoms with E-state index in [1.165, 1.54) is 36.4 Å². The van der Waals surface area contributed by atoms with Crippen molar-refractivity contribution in [3.05, 3.63) is 57.1 Å². The molecule has 0 spiro atoms. The Kier molecular flexibility index (Phi) is 4.18. The average molecular weight is 309 g/mol. The summed E-state index contributed by atoms with van der Waals surface area (Å²) in [6.45, 7) is 1.70. The third-order valence-corrected chi connectivity index (χ3v) is 3.36. The van der Waals surface area contributed by atoms with Crippen molar-refractivity contribution in [3.63, 3.8) is 0 Å². The monoisotopic (exact) mass is 308 g/mol. The van der Waals surface area contributed by atoms with E-state index < -0.39 is 11.0 Å². The predicted octanol–water partition coefficient (Wildman–Crippen LogP) is 3.83. The van der Waals surface area contributed by atoms with Crippen molar-refractivity contribution in [3.8, 4) is 11.5 Å². The highest BCUT2D eigenvalue weighted by Crippen LogP contribution is 2.36. The molecule has 0 aromatic heterocycles. The number of phenolic OH excluding ortho intramolecular Hbond substituents is 2. The van der Waals surface area contributed by atoms with Gasteiger partial charge in [0, 0.05) is 12.1 Å². The summed E-state index contributed by atoms with van der Waals surface area (Å²) < 4.78 is 0. The second kappa shape index (κ2) is 5.88. The van der Waals surface area contributed by atoms with Gasteiger partial charge in [0.15, 0.2) is 0 Å². The number of nitro benzene ring substituents is 1. The van der Waals surface area contributed by atoms with E-state index in [-0.39, 0.29) is 17.2 Å². The van der Waals surface area contributed by atoms with E-state index in [0.717, 1.165) is 0 Å². The first kappa shape index (κ1) is 14.9. The number of nitrogens with one attached hydrogen (secondary N) is 1. The molecule has 0 fully saturated rings. The number of hydrogen-bond acceptors (Lipinski definition) is 5. The summed E-state index contributed by atoms with van der Waals surface area (Å²) in [6.07, 6.45) is 0. The van der Waals surface area contributed by atoms with Crippen LogP contribution in [0.3, 0.4) is 0 Å². The van der Waals surface area contributed by atoms with Gasteiger partial charge < -0.3 is 15.5 Å². The van der Waals surface area contributed by atoms with Crippen molar-refractivity contribution >= 4 is 23.0 Å². The highest BCUT2D eigenvalue weighted by Gasteiger charge is 2.17. The minimum atomic E-state index is -0.524. The average Bonchev–Trinajstić information content (AvgIpc) is 2.40. The molecule has 7 heteroatoms. The predicted molar refractivity (Wildman–Crippen MR) is 79.9 cm³/mol. The minimum Gasteiger partial charge on any atom is -0.507 e. The number of benzene rings is 2. The maximum Gasteiger partial charge on any atom is 0.271 e. The Balaban J connectivity index is 2.33. The van der Waals surface area contributed by atoms with E-state index >= 15 is 0 Å². The summed E-state index contributed by atoms with van der Waals surface area (Å²) in [5, 5.41) is 33.7. The zero-order valence-electron chi connectivity index (χ0n) is 11.1. The molecule has 2 rings (SSSR count). The normalized spacial score (nSPS) is 11.9. The lowest BCUT2D eigenvalue weighted by molar-refractivity contribution is -0.384. The summed E-state index contributed by atoms with van der Waals surface area (Å²) in [7, 11) is 0. The topological polar surface area (TPSA) is 95.6 Å². The number of anilines is 1. The molecule has 0 aliphatic carbocycles. The van der Waals surface area contributed by atoms with Crippen LogP contribution < -0.4 is 5.32 Å². The number of nitrogens with zero attached hydrogens (tertiary/aromatic N) is 1. The van der Waals surface area contributed by atoms with Gasteiger partial charge in [-0.15, -0.1) is 0 Å².